The van der Waals surface area contributed by atoms with Gasteiger partial charge in [0.2, 0.25) is 0 Å². The highest BCUT2D eigenvalue weighted by atomic mass is 19.1. The van der Waals surface area contributed by atoms with E-state index in [1.54, 1.807) is 4.68 Å². The number of aromatic nitrogens is 4. The van der Waals surface area contributed by atoms with Crippen molar-refractivity contribution in [3.63, 3.8) is 0 Å². The van der Waals surface area contributed by atoms with Crippen LogP contribution in [0, 0.1) is 5.82 Å². The Morgan fingerprint density at radius 3 is 2.95 bits per heavy atom. The molecule has 0 spiro atoms. The van der Waals surface area contributed by atoms with Gasteiger partial charge in [-0.3, -0.25) is 0 Å². The summed E-state index contributed by atoms with van der Waals surface area (Å²) in [5.74, 6) is 0.0953. The third-order valence-corrected chi connectivity index (χ3v) is 3.75. The van der Waals surface area contributed by atoms with Crippen molar-refractivity contribution in [2.75, 3.05) is 12.3 Å². The minimum Gasteiger partial charge on any atom is -0.398 e. The Morgan fingerprint density at radius 2 is 2.14 bits per heavy atom. The number of rotatable bonds is 5. The van der Waals surface area contributed by atoms with Gasteiger partial charge >= 0.3 is 0 Å². The van der Waals surface area contributed by atoms with Gasteiger partial charge in [-0.15, -0.1) is 5.10 Å². The first-order valence-corrected chi connectivity index (χ1v) is 7.17. The normalized spacial score (nSPS) is 15.7. The summed E-state index contributed by atoms with van der Waals surface area (Å²) < 4.78 is 20.8. The van der Waals surface area contributed by atoms with Crippen LogP contribution in [0.1, 0.15) is 25.7 Å². The Hall–Kier alpha value is -2.02. The molecule has 0 bridgehead atoms. The Labute approximate surface area is 122 Å². The number of tetrazole rings is 1. The second-order valence-corrected chi connectivity index (χ2v) is 5.23. The number of anilines is 1. The second-order valence-electron chi connectivity index (χ2n) is 5.23. The van der Waals surface area contributed by atoms with Crippen LogP contribution in [0.2, 0.25) is 0 Å². The molecule has 2 N–H and O–H groups in total. The summed E-state index contributed by atoms with van der Waals surface area (Å²) in [6.45, 7) is 1.06. The number of halogens is 1. The van der Waals surface area contributed by atoms with Crippen molar-refractivity contribution >= 4 is 5.69 Å². The average molecular weight is 291 g/mol. The van der Waals surface area contributed by atoms with E-state index in [4.69, 9.17) is 10.5 Å². The van der Waals surface area contributed by atoms with Gasteiger partial charge < -0.3 is 10.5 Å². The lowest BCUT2D eigenvalue weighted by atomic mass is 10.1. The molecule has 0 aliphatic heterocycles. The molecule has 1 saturated carbocycles. The third kappa shape index (κ3) is 3.18. The Morgan fingerprint density at radius 1 is 1.33 bits per heavy atom. The van der Waals surface area contributed by atoms with Crippen molar-refractivity contribution in [1.82, 2.24) is 20.2 Å². The summed E-state index contributed by atoms with van der Waals surface area (Å²) in [5.41, 5.74) is 6.82. The minimum absolute atomic E-state index is 0.351. The van der Waals surface area contributed by atoms with E-state index in [0.29, 0.717) is 36.3 Å². The van der Waals surface area contributed by atoms with Gasteiger partial charge in [-0.1, -0.05) is 12.8 Å². The first kappa shape index (κ1) is 13.9. The van der Waals surface area contributed by atoms with E-state index >= 15 is 0 Å². The summed E-state index contributed by atoms with van der Waals surface area (Å²) >= 11 is 0. The largest absolute Gasteiger partial charge is 0.398 e. The molecule has 6 nitrogen and oxygen atoms in total. The van der Waals surface area contributed by atoms with Gasteiger partial charge in [-0.05, 0) is 41.5 Å². The van der Waals surface area contributed by atoms with Gasteiger partial charge in [-0.2, -0.15) is 0 Å². The van der Waals surface area contributed by atoms with Crippen LogP contribution in [0.4, 0.5) is 10.1 Å². The monoisotopic (exact) mass is 291 g/mol. The molecule has 1 fully saturated rings. The number of hydrogen-bond acceptors (Lipinski definition) is 5. The summed E-state index contributed by atoms with van der Waals surface area (Å²) in [4.78, 5) is 0. The highest BCUT2D eigenvalue weighted by molar-refractivity contribution is 5.71. The molecule has 0 atom stereocenters. The van der Waals surface area contributed by atoms with Crippen LogP contribution < -0.4 is 5.73 Å². The Kier molecular flexibility index (Phi) is 4.10. The topological polar surface area (TPSA) is 78.9 Å². The number of nitrogen functional groups attached to an aromatic ring is 1. The predicted molar refractivity (Wildman–Crippen MR) is 75.8 cm³/mol. The van der Waals surface area contributed by atoms with E-state index in [1.807, 2.05) is 0 Å². The highest BCUT2D eigenvalue weighted by Crippen LogP contribution is 2.24. The molecule has 112 valence electrons. The number of nitrogens with zero attached hydrogens (tertiary/aromatic N) is 4. The van der Waals surface area contributed by atoms with E-state index in [9.17, 15) is 4.39 Å². The lowest BCUT2D eigenvalue weighted by Crippen LogP contribution is -2.15. The van der Waals surface area contributed by atoms with Crippen molar-refractivity contribution in [2.45, 2.75) is 38.3 Å². The quantitative estimate of drug-likeness (QED) is 0.853. The van der Waals surface area contributed by atoms with Crippen molar-refractivity contribution in [1.29, 1.82) is 0 Å². The molecule has 1 aliphatic rings. The highest BCUT2D eigenvalue weighted by Gasteiger charge is 2.16. The Bertz CT molecular complexity index is 609. The zero-order valence-corrected chi connectivity index (χ0v) is 11.7. The fourth-order valence-electron chi connectivity index (χ4n) is 2.63. The molecule has 0 radical (unpaired) electrons. The third-order valence-electron chi connectivity index (χ3n) is 3.75. The molecule has 1 aromatic carbocycles. The van der Waals surface area contributed by atoms with Crippen LogP contribution in [0.5, 0.6) is 0 Å². The molecule has 1 aromatic heterocycles. The fraction of sp³-hybridized carbons (Fsp3) is 0.500. The van der Waals surface area contributed by atoms with Gasteiger partial charge in [-0.25, -0.2) is 9.07 Å². The maximum atomic E-state index is 13.4. The van der Waals surface area contributed by atoms with E-state index < -0.39 is 0 Å². The van der Waals surface area contributed by atoms with Gasteiger partial charge in [0.15, 0.2) is 5.82 Å². The average Bonchev–Trinajstić information content (AvgIpc) is 3.13. The van der Waals surface area contributed by atoms with E-state index in [1.165, 1.54) is 31.0 Å². The molecule has 0 saturated heterocycles. The summed E-state index contributed by atoms with van der Waals surface area (Å²) in [5, 5.41) is 11.5. The standard InChI is InChI=1S/C14H18FN5O/c15-10-5-6-13(16)12(9-10)14-17-18-19-20(14)7-8-21-11-3-1-2-4-11/h5-6,9,11H,1-4,7-8,16H2. The lowest BCUT2D eigenvalue weighted by molar-refractivity contribution is 0.0514. The lowest BCUT2D eigenvalue weighted by Gasteiger charge is -2.11. The van der Waals surface area contributed by atoms with Crippen molar-refractivity contribution in [3.8, 4) is 11.4 Å². The molecule has 0 amide bonds. The summed E-state index contributed by atoms with van der Waals surface area (Å²) in [7, 11) is 0. The van der Waals surface area contributed by atoms with Gasteiger partial charge in [0.05, 0.1) is 19.3 Å². The number of hydrogen-bond donors (Lipinski definition) is 1. The fourth-order valence-corrected chi connectivity index (χ4v) is 2.63. The van der Waals surface area contributed by atoms with Gasteiger partial charge in [0.25, 0.3) is 0 Å². The van der Waals surface area contributed by atoms with Crippen LogP contribution in [0.25, 0.3) is 11.4 Å². The molecular weight excluding hydrogens is 273 g/mol. The molecule has 21 heavy (non-hydrogen) atoms. The first-order valence-electron chi connectivity index (χ1n) is 7.17. The molecule has 1 aliphatic carbocycles. The van der Waals surface area contributed by atoms with Crippen LogP contribution in [-0.2, 0) is 11.3 Å². The van der Waals surface area contributed by atoms with Crippen molar-refractivity contribution in [3.05, 3.63) is 24.0 Å². The van der Waals surface area contributed by atoms with E-state index in [-0.39, 0.29) is 5.82 Å². The predicted octanol–water partition coefficient (Wildman–Crippen LogP) is 2.02. The minimum atomic E-state index is -0.365. The maximum Gasteiger partial charge on any atom is 0.184 e. The SMILES string of the molecule is Nc1ccc(F)cc1-c1nnnn1CCOC1CCCC1. The van der Waals surface area contributed by atoms with Crippen LogP contribution in [0.3, 0.4) is 0 Å². The molecule has 1 heterocycles. The first-order chi connectivity index (χ1) is 10.2. The maximum absolute atomic E-state index is 13.4. The van der Waals surface area contributed by atoms with Crippen LogP contribution in [0.15, 0.2) is 18.2 Å². The van der Waals surface area contributed by atoms with E-state index in [2.05, 4.69) is 15.5 Å². The smallest absolute Gasteiger partial charge is 0.184 e. The molecule has 3 rings (SSSR count). The van der Waals surface area contributed by atoms with Crippen LogP contribution in [-0.4, -0.2) is 32.9 Å². The van der Waals surface area contributed by atoms with E-state index in [0.717, 1.165) is 12.8 Å². The Balaban J connectivity index is 1.69. The van der Waals surface area contributed by atoms with Gasteiger partial charge in [0.1, 0.15) is 5.82 Å². The number of ether oxygens (including phenoxy) is 1. The molecular formula is C14H18FN5O. The summed E-state index contributed by atoms with van der Waals surface area (Å²) in [6, 6.07) is 4.17. The molecule has 0 unspecified atom stereocenters. The van der Waals surface area contributed by atoms with Gasteiger partial charge in [0, 0.05) is 11.3 Å². The van der Waals surface area contributed by atoms with Crippen molar-refractivity contribution < 1.29 is 9.13 Å². The summed E-state index contributed by atoms with van der Waals surface area (Å²) in [6.07, 6.45) is 5.07. The molecule has 7 heteroatoms. The second kappa shape index (κ2) is 6.17. The number of benzene rings is 1. The van der Waals surface area contributed by atoms with Crippen molar-refractivity contribution in [2.24, 2.45) is 0 Å². The molecule has 2 aromatic rings. The zero-order chi connectivity index (χ0) is 14.7. The zero-order valence-electron chi connectivity index (χ0n) is 11.7. The van der Waals surface area contributed by atoms with Crippen LogP contribution >= 0.6 is 0 Å². The number of nitrogens with two attached hydrogens (primary N) is 1.